The minimum absolute atomic E-state index is 0.120. The first kappa shape index (κ1) is 21.6. The fourth-order valence-electron chi connectivity index (χ4n) is 6.79. The van der Waals surface area contributed by atoms with Crippen LogP contribution in [0.4, 0.5) is 5.82 Å². The highest BCUT2D eigenvalue weighted by atomic mass is 16.4. The number of carboxylic acids is 1. The Labute approximate surface area is 189 Å². The van der Waals surface area contributed by atoms with Crippen molar-refractivity contribution in [3.8, 4) is 0 Å². The van der Waals surface area contributed by atoms with Crippen LogP contribution in [0.25, 0.3) is 0 Å². The summed E-state index contributed by atoms with van der Waals surface area (Å²) < 4.78 is 0. The highest BCUT2D eigenvalue weighted by molar-refractivity contribution is 5.93. The molecule has 4 saturated carbocycles. The van der Waals surface area contributed by atoms with E-state index in [9.17, 15) is 14.7 Å². The summed E-state index contributed by atoms with van der Waals surface area (Å²) in [5, 5.41) is 23.2. The molecule has 4 aliphatic carbocycles. The molecule has 1 aromatic rings. The monoisotopic (exact) mass is 442 g/mol. The number of aromatic nitrogens is 1. The number of nitrogens with one attached hydrogen (secondary N) is 1. The molecule has 1 saturated heterocycles. The van der Waals surface area contributed by atoms with Crippen molar-refractivity contribution in [3.63, 3.8) is 0 Å². The van der Waals surface area contributed by atoms with Gasteiger partial charge in [-0.3, -0.25) is 14.5 Å². The second kappa shape index (κ2) is 8.30. The van der Waals surface area contributed by atoms with Crippen LogP contribution in [-0.2, 0) is 4.79 Å². The van der Waals surface area contributed by atoms with Crippen LogP contribution in [0, 0.1) is 23.7 Å². The first-order chi connectivity index (χ1) is 15.3. The average molecular weight is 443 g/mol. The van der Waals surface area contributed by atoms with Gasteiger partial charge in [0, 0.05) is 38.8 Å². The third kappa shape index (κ3) is 4.22. The molecule has 1 aliphatic heterocycles. The first-order valence-electron chi connectivity index (χ1n) is 12.0. The molecule has 0 aromatic carbocycles. The lowest BCUT2D eigenvalue weighted by Gasteiger charge is -2.58. The fourth-order valence-corrected chi connectivity index (χ4v) is 6.79. The summed E-state index contributed by atoms with van der Waals surface area (Å²) in [4.78, 5) is 33.2. The number of carbonyl (C=O) groups excluding carboxylic acids is 1. The zero-order chi connectivity index (χ0) is 22.5. The molecule has 1 aromatic heterocycles. The molecule has 2 heterocycles. The Bertz CT molecular complexity index is 869. The van der Waals surface area contributed by atoms with E-state index in [2.05, 4.69) is 20.1 Å². The second-order valence-electron chi connectivity index (χ2n) is 10.6. The van der Waals surface area contributed by atoms with E-state index < -0.39 is 11.6 Å². The molecule has 1 amide bonds. The highest BCUT2D eigenvalue weighted by Gasteiger charge is 2.55. The topological polar surface area (TPSA) is 106 Å². The number of rotatable bonds is 6. The van der Waals surface area contributed by atoms with E-state index in [0.29, 0.717) is 30.0 Å². The summed E-state index contributed by atoms with van der Waals surface area (Å²) in [6.45, 7) is 5.38. The third-order valence-electron chi connectivity index (χ3n) is 8.16. The van der Waals surface area contributed by atoms with Gasteiger partial charge in [-0.1, -0.05) is 13.0 Å². The van der Waals surface area contributed by atoms with Gasteiger partial charge in [-0.15, -0.1) is 0 Å². The van der Waals surface area contributed by atoms with Crippen molar-refractivity contribution in [2.75, 3.05) is 37.6 Å². The number of nitrogens with zero attached hydrogens (tertiary/aromatic N) is 3. The molecular weight excluding hydrogens is 408 g/mol. The number of aliphatic hydroxyl groups is 1. The van der Waals surface area contributed by atoms with E-state index >= 15 is 0 Å². The van der Waals surface area contributed by atoms with Gasteiger partial charge in [-0.05, 0) is 62.0 Å². The van der Waals surface area contributed by atoms with Gasteiger partial charge in [0.1, 0.15) is 11.5 Å². The van der Waals surface area contributed by atoms with Gasteiger partial charge in [0.15, 0.2) is 0 Å². The van der Waals surface area contributed by atoms with Crippen molar-refractivity contribution >= 4 is 17.7 Å². The van der Waals surface area contributed by atoms with E-state index in [4.69, 9.17) is 5.11 Å². The van der Waals surface area contributed by atoms with Crippen LogP contribution >= 0.6 is 0 Å². The fraction of sp³-hybridized carbons (Fsp3) is 0.708. The number of hydrogen-bond donors (Lipinski definition) is 3. The van der Waals surface area contributed by atoms with Crippen LogP contribution in [0.5, 0.6) is 0 Å². The van der Waals surface area contributed by atoms with Gasteiger partial charge in [0.25, 0.3) is 5.91 Å². The van der Waals surface area contributed by atoms with E-state index in [0.717, 1.165) is 64.1 Å². The lowest BCUT2D eigenvalue weighted by Crippen LogP contribution is -2.61. The van der Waals surface area contributed by atoms with Crippen molar-refractivity contribution in [1.82, 2.24) is 15.2 Å². The van der Waals surface area contributed by atoms with E-state index in [1.807, 2.05) is 12.1 Å². The van der Waals surface area contributed by atoms with Crippen LogP contribution in [0.3, 0.4) is 0 Å². The Morgan fingerprint density at radius 1 is 1.16 bits per heavy atom. The smallest absolute Gasteiger partial charge is 0.307 e. The molecule has 8 heteroatoms. The summed E-state index contributed by atoms with van der Waals surface area (Å²) in [5.41, 5.74) is -0.0581. The lowest BCUT2D eigenvalue weighted by molar-refractivity contribution is -0.141. The second-order valence-corrected chi connectivity index (χ2v) is 10.6. The Kier molecular flexibility index (Phi) is 5.61. The van der Waals surface area contributed by atoms with Crippen LogP contribution in [0.1, 0.15) is 49.5 Å². The van der Waals surface area contributed by atoms with Crippen LogP contribution in [-0.4, -0.2) is 76.3 Å². The predicted molar refractivity (Wildman–Crippen MR) is 119 cm³/mol. The summed E-state index contributed by atoms with van der Waals surface area (Å²) in [5.74, 6) is 0.899. The Morgan fingerprint density at radius 2 is 1.84 bits per heavy atom. The number of carboxylic acid groups (broad SMARTS) is 1. The molecule has 5 aliphatic rings. The Morgan fingerprint density at radius 3 is 2.47 bits per heavy atom. The molecule has 0 radical (unpaired) electrons. The van der Waals surface area contributed by atoms with Crippen molar-refractivity contribution < 1.29 is 19.8 Å². The van der Waals surface area contributed by atoms with Gasteiger partial charge < -0.3 is 20.4 Å². The summed E-state index contributed by atoms with van der Waals surface area (Å²) in [6, 6.07) is 5.73. The van der Waals surface area contributed by atoms with Gasteiger partial charge in [0.2, 0.25) is 0 Å². The average Bonchev–Trinajstić information content (AvgIpc) is 2.75. The van der Waals surface area contributed by atoms with Crippen molar-refractivity contribution in [2.45, 2.75) is 50.7 Å². The van der Waals surface area contributed by atoms with Gasteiger partial charge >= 0.3 is 5.97 Å². The number of piperazine rings is 1. The number of amides is 1. The molecule has 3 atom stereocenters. The molecule has 8 nitrogen and oxygen atoms in total. The molecule has 0 spiro atoms. The zero-order valence-corrected chi connectivity index (χ0v) is 18.7. The maximum Gasteiger partial charge on any atom is 0.307 e. The highest BCUT2D eigenvalue weighted by Crippen LogP contribution is 2.55. The number of pyridine rings is 1. The first-order valence-corrected chi connectivity index (χ1v) is 12.0. The van der Waals surface area contributed by atoms with Gasteiger partial charge in [-0.25, -0.2) is 4.98 Å². The van der Waals surface area contributed by atoms with E-state index in [-0.39, 0.29) is 17.9 Å². The predicted octanol–water partition coefficient (Wildman–Crippen LogP) is 1.59. The molecule has 5 fully saturated rings. The maximum atomic E-state index is 13.1. The number of aliphatic carboxylic acids is 1. The van der Waals surface area contributed by atoms with Crippen molar-refractivity contribution in [1.29, 1.82) is 0 Å². The summed E-state index contributed by atoms with van der Waals surface area (Å²) in [6.07, 6.45) is 4.78. The van der Waals surface area contributed by atoms with E-state index in [1.165, 1.54) is 0 Å². The normalized spacial score (nSPS) is 35.0. The molecule has 4 bridgehead atoms. The standard InChI is InChI=1S/C24H34N4O4/c1-15(23(30)31)14-27-5-7-28(8-6-27)20-4-2-3-19(25-20)22(29)26-21-17-9-16-10-18(21)13-24(32,11-16)12-17/h2-4,15-18,21,32H,5-14H2,1H3,(H,26,29)(H,30,31). The Hall–Kier alpha value is -2.19. The molecule has 3 N–H and O–H groups in total. The van der Waals surface area contributed by atoms with Crippen LogP contribution in [0.15, 0.2) is 18.2 Å². The number of hydrogen-bond acceptors (Lipinski definition) is 6. The zero-order valence-electron chi connectivity index (χ0n) is 18.7. The van der Waals surface area contributed by atoms with E-state index in [1.54, 1.807) is 13.0 Å². The lowest BCUT2D eigenvalue weighted by atomic mass is 9.52. The van der Waals surface area contributed by atoms with Crippen LogP contribution < -0.4 is 10.2 Å². The molecule has 3 unspecified atom stereocenters. The van der Waals surface area contributed by atoms with Crippen molar-refractivity contribution in [3.05, 3.63) is 23.9 Å². The number of anilines is 1. The summed E-state index contributed by atoms with van der Waals surface area (Å²) >= 11 is 0. The van der Waals surface area contributed by atoms with Crippen molar-refractivity contribution in [2.24, 2.45) is 23.7 Å². The quantitative estimate of drug-likeness (QED) is 0.614. The van der Waals surface area contributed by atoms with Gasteiger partial charge in [-0.2, -0.15) is 0 Å². The minimum atomic E-state index is -0.763. The minimum Gasteiger partial charge on any atom is -0.481 e. The molecule has 32 heavy (non-hydrogen) atoms. The SMILES string of the molecule is CC(CN1CCN(c2cccc(C(=O)NC3C4CC5CC3CC(O)(C5)C4)n2)CC1)C(=O)O. The number of carbonyl (C=O) groups is 2. The summed E-state index contributed by atoms with van der Waals surface area (Å²) in [7, 11) is 0. The van der Waals surface area contributed by atoms with Crippen LogP contribution in [0.2, 0.25) is 0 Å². The molecule has 174 valence electrons. The molecular formula is C24H34N4O4. The third-order valence-corrected chi connectivity index (χ3v) is 8.16. The Balaban J connectivity index is 1.20. The maximum absolute atomic E-state index is 13.1. The van der Waals surface area contributed by atoms with Gasteiger partial charge in [0.05, 0.1) is 11.5 Å². The largest absolute Gasteiger partial charge is 0.481 e. The molecule has 6 rings (SSSR count).